The van der Waals surface area contributed by atoms with Crippen molar-refractivity contribution in [1.82, 2.24) is 0 Å². The minimum atomic E-state index is -0.432. The Bertz CT molecular complexity index is 619. The Labute approximate surface area is 121 Å². The molecule has 1 N–H and O–H groups in total. The van der Waals surface area contributed by atoms with Crippen LogP contribution in [0.3, 0.4) is 0 Å². The van der Waals surface area contributed by atoms with Gasteiger partial charge in [0, 0.05) is 11.1 Å². The Morgan fingerprint density at radius 2 is 1.85 bits per heavy atom. The number of halogens is 3. The van der Waals surface area contributed by atoms with Crippen molar-refractivity contribution in [2.24, 2.45) is 0 Å². The molecule has 5 heteroatoms. The number of benzene rings is 2. The van der Waals surface area contributed by atoms with Crippen molar-refractivity contribution >= 4 is 17.3 Å². The highest BCUT2D eigenvalue weighted by Crippen LogP contribution is 2.27. The number of methoxy groups -OCH3 is 1. The third-order valence-corrected chi connectivity index (χ3v) is 3.21. The molecule has 0 aliphatic rings. The zero-order valence-corrected chi connectivity index (χ0v) is 11.8. The van der Waals surface area contributed by atoms with Crippen LogP contribution in [0.2, 0.25) is 5.02 Å². The summed E-state index contributed by atoms with van der Waals surface area (Å²) in [5.41, 5.74) is 1.13. The van der Waals surface area contributed by atoms with Gasteiger partial charge in [-0.1, -0.05) is 17.7 Å². The van der Waals surface area contributed by atoms with E-state index < -0.39 is 11.6 Å². The van der Waals surface area contributed by atoms with Gasteiger partial charge in [-0.05, 0) is 42.8 Å². The van der Waals surface area contributed by atoms with Crippen molar-refractivity contribution in [3.05, 3.63) is 58.6 Å². The van der Waals surface area contributed by atoms with E-state index >= 15 is 0 Å². The third kappa shape index (κ3) is 3.20. The first-order valence-corrected chi connectivity index (χ1v) is 6.44. The zero-order valence-electron chi connectivity index (χ0n) is 11.1. The molecule has 0 amide bonds. The Morgan fingerprint density at radius 1 is 1.10 bits per heavy atom. The molecule has 0 saturated carbocycles. The second-order valence-electron chi connectivity index (χ2n) is 4.38. The molecule has 0 aliphatic heterocycles. The topological polar surface area (TPSA) is 21.3 Å². The highest BCUT2D eigenvalue weighted by molar-refractivity contribution is 6.30. The molecule has 1 atom stereocenters. The molecule has 0 saturated heterocycles. The van der Waals surface area contributed by atoms with E-state index in [1.54, 1.807) is 24.3 Å². The van der Waals surface area contributed by atoms with E-state index in [9.17, 15) is 8.78 Å². The predicted molar refractivity (Wildman–Crippen MR) is 76.4 cm³/mol. The number of ether oxygens (including phenoxy) is 1. The van der Waals surface area contributed by atoms with Gasteiger partial charge in [0.05, 0.1) is 12.8 Å². The predicted octanol–water partition coefficient (Wildman–Crippen LogP) is 4.80. The lowest BCUT2D eigenvalue weighted by Crippen LogP contribution is -2.08. The van der Waals surface area contributed by atoms with Crippen LogP contribution >= 0.6 is 11.6 Å². The van der Waals surface area contributed by atoms with Gasteiger partial charge in [0.15, 0.2) is 11.6 Å². The number of hydrogen-bond acceptors (Lipinski definition) is 2. The highest BCUT2D eigenvalue weighted by atomic mass is 35.5. The van der Waals surface area contributed by atoms with Gasteiger partial charge in [0.25, 0.3) is 0 Å². The van der Waals surface area contributed by atoms with Crippen LogP contribution < -0.4 is 10.1 Å². The average Bonchev–Trinajstić information content (AvgIpc) is 2.42. The lowest BCUT2D eigenvalue weighted by molar-refractivity contribution is 0.385. The maximum absolute atomic E-state index is 13.7. The molecule has 2 aromatic carbocycles. The molecule has 0 bridgehead atoms. The van der Waals surface area contributed by atoms with Crippen molar-refractivity contribution in [1.29, 1.82) is 0 Å². The van der Waals surface area contributed by atoms with Crippen LogP contribution in [0, 0.1) is 11.6 Å². The van der Waals surface area contributed by atoms with Crippen molar-refractivity contribution < 1.29 is 13.5 Å². The summed E-state index contributed by atoms with van der Waals surface area (Å²) in [5.74, 6) is -0.702. The fourth-order valence-corrected chi connectivity index (χ4v) is 2.03. The SMILES string of the molecule is COc1cc(C(C)Nc2ccc(Cl)cc2F)ccc1F. The van der Waals surface area contributed by atoms with E-state index in [0.29, 0.717) is 10.7 Å². The number of rotatable bonds is 4. The van der Waals surface area contributed by atoms with Crippen LogP contribution in [-0.2, 0) is 0 Å². The molecular weight excluding hydrogens is 284 g/mol. The molecule has 0 aliphatic carbocycles. The third-order valence-electron chi connectivity index (χ3n) is 2.98. The van der Waals surface area contributed by atoms with Crippen molar-refractivity contribution in [3.63, 3.8) is 0 Å². The molecule has 2 aromatic rings. The van der Waals surface area contributed by atoms with E-state index in [-0.39, 0.29) is 11.8 Å². The van der Waals surface area contributed by atoms with E-state index in [0.717, 1.165) is 5.56 Å². The minimum absolute atomic E-state index is 0.160. The monoisotopic (exact) mass is 297 g/mol. The molecular formula is C15H14ClF2NO. The summed E-state index contributed by atoms with van der Waals surface area (Å²) in [6.45, 7) is 1.85. The molecule has 1 unspecified atom stereocenters. The standard InChI is InChI=1S/C15H14ClF2NO/c1-9(10-3-5-12(17)15(7-10)20-2)19-14-6-4-11(16)8-13(14)18/h3-9,19H,1-2H3. The molecule has 20 heavy (non-hydrogen) atoms. The van der Waals surface area contributed by atoms with Gasteiger partial charge in [0.2, 0.25) is 0 Å². The zero-order chi connectivity index (χ0) is 14.7. The molecule has 2 nitrogen and oxygen atoms in total. The Hall–Kier alpha value is -1.81. The molecule has 0 radical (unpaired) electrons. The van der Waals surface area contributed by atoms with Crippen LogP contribution in [0.4, 0.5) is 14.5 Å². The first kappa shape index (κ1) is 14.6. The van der Waals surface area contributed by atoms with Crippen molar-refractivity contribution in [3.8, 4) is 5.75 Å². The minimum Gasteiger partial charge on any atom is -0.494 e. The molecule has 0 fully saturated rings. The van der Waals surface area contributed by atoms with Crippen LogP contribution in [-0.4, -0.2) is 7.11 Å². The fraction of sp³-hybridized carbons (Fsp3) is 0.200. The Morgan fingerprint density at radius 3 is 2.50 bits per heavy atom. The van der Waals surface area contributed by atoms with Crippen LogP contribution in [0.1, 0.15) is 18.5 Å². The molecule has 2 rings (SSSR count). The van der Waals surface area contributed by atoms with Gasteiger partial charge in [-0.2, -0.15) is 0 Å². The lowest BCUT2D eigenvalue weighted by Gasteiger charge is -2.17. The molecule has 0 spiro atoms. The van der Waals surface area contributed by atoms with Crippen molar-refractivity contribution in [2.75, 3.05) is 12.4 Å². The summed E-state index contributed by atoms with van der Waals surface area (Å²) in [6, 6.07) is 8.73. The first-order valence-electron chi connectivity index (χ1n) is 6.06. The number of hydrogen-bond donors (Lipinski definition) is 1. The lowest BCUT2D eigenvalue weighted by atomic mass is 10.1. The van der Waals surface area contributed by atoms with E-state index in [2.05, 4.69) is 5.32 Å². The van der Waals surface area contributed by atoms with Gasteiger partial charge >= 0.3 is 0 Å². The maximum atomic E-state index is 13.7. The summed E-state index contributed by atoms with van der Waals surface area (Å²) < 4.78 is 32.0. The molecule has 0 aromatic heterocycles. The highest BCUT2D eigenvalue weighted by Gasteiger charge is 2.11. The molecule has 106 valence electrons. The number of anilines is 1. The Balaban J connectivity index is 2.21. The summed E-state index contributed by atoms with van der Waals surface area (Å²) in [7, 11) is 1.40. The summed E-state index contributed by atoms with van der Waals surface area (Å²) >= 11 is 5.70. The maximum Gasteiger partial charge on any atom is 0.165 e. The first-order chi connectivity index (χ1) is 9.51. The van der Waals surface area contributed by atoms with Gasteiger partial charge in [-0.3, -0.25) is 0 Å². The van der Waals surface area contributed by atoms with Gasteiger partial charge < -0.3 is 10.1 Å². The smallest absolute Gasteiger partial charge is 0.165 e. The second kappa shape index (κ2) is 6.09. The van der Waals surface area contributed by atoms with Gasteiger partial charge in [0.1, 0.15) is 5.82 Å². The van der Waals surface area contributed by atoms with E-state index in [1.807, 2.05) is 6.92 Å². The normalized spacial score (nSPS) is 12.1. The largest absolute Gasteiger partial charge is 0.494 e. The molecule has 0 heterocycles. The van der Waals surface area contributed by atoms with Crippen LogP contribution in [0.15, 0.2) is 36.4 Å². The summed E-state index contributed by atoms with van der Waals surface area (Å²) in [5, 5.41) is 3.35. The van der Waals surface area contributed by atoms with Crippen LogP contribution in [0.25, 0.3) is 0 Å². The summed E-state index contributed by atoms with van der Waals surface area (Å²) in [6.07, 6.45) is 0. The fourth-order valence-electron chi connectivity index (χ4n) is 1.87. The second-order valence-corrected chi connectivity index (χ2v) is 4.82. The van der Waals surface area contributed by atoms with Crippen LogP contribution in [0.5, 0.6) is 5.75 Å². The average molecular weight is 298 g/mol. The van der Waals surface area contributed by atoms with E-state index in [4.69, 9.17) is 16.3 Å². The van der Waals surface area contributed by atoms with E-state index in [1.165, 1.54) is 19.2 Å². The van der Waals surface area contributed by atoms with Gasteiger partial charge in [-0.15, -0.1) is 0 Å². The summed E-state index contributed by atoms with van der Waals surface area (Å²) in [4.78, 5) is 0. The quantitative estimate of drug-likeness (QED) is 0.875. The Kier molecular flexibility index (Phi) is 4.45. The number of nitrogens with one attached hydrogen (secondary N) is 1. The van der Waals surface area contributed by atoms with Crippen molar-refractivity contribution in [2.45, 2.75) is 13.0 Å². The van der Waals surface area contributed by atoms with Gasteiger partial charge in [-0.25, -0.2) is 8.78 Å².